The first-order chi connectivity index (χ1) is 8.39. The first-order valence-electron chi connectivity index (χ1n) is 5.57. The Labute approximate surface area is 109 Å². The summed E-state index contributed by atoms with van der Waals surface area (Å²) in [6, 6.07) is 3.87. The first kappa shape index (κ1) is 12.6. The number of amides is 1. The fourth-order valence-electron chi connectivity index (χ4n) is 1.91. The molecule has 1 aromatic carbocycles. The van der Waals surface area contributed by atoms with Gasteiger partial charge in [-0.05, 0) is 26.0 Å². The molecule has 96 valence electrons. The Hall–Kier alpha value is -1.82. The van der Waals surface area contributed by atoms with E-state index in [4.69, 9.17) is 11.5 Å². The minimum absolute atomic E-state index is 0.238. The van der Waals surface area contributed by atoms with Gasteiger partial charge in [0.1, 0.15) is 5.52 Å². The van der Waals surface area contributed by atoms with Crippen molar-refractivity contribution in [3.63, 3.8) is 0 Å². The molecule has 2 aromatic rings. The maximum Gasteiger partial charge on any atom is 0.219 e. The zero-order valence-corrected chi connectivity index (χ0v) is 11.2. The van der Waals surface area contributed by atoms with Crippen LogP contribution in [0.15, 0.2) is 17.6 Å². The molecule has 0 unspecified atom stereocenters. The van der Waals surface area contributed by atoms with Crippen LogP contribution in [0.5, 0.6) is 0 Å². The summed E-state index contributed by atoms with van der Waals surface area (Å²) in [6.45, 7) is 3.81. The SMILES string of the molecule is CC(C)(CC(N)=O)Nc1ccc2scnc2c1N. The quantitative estimate of drug-likeness (QED) is 0.736. The number of hydrogen-bond donors (Lipinski definition) is 3. The molecule has 0 fully saturated rings. The Bertz CT molecular complexity index is 591. The van der Waals surface area contributed by atoms with Crippen molar-refractivity contribution in [2.24, 2.45) is 5.73 Å². The van der Waals surface area contributed by atoms with Gasteiger partial charge < -0.3 is 16.8 Å². The van der Waals surface area contributed by atoms with Gasteiger partial charge in [0.15, 0.2) is 0 Å². The molecule has 0 saturated heterocycles. The molecular weight excluding hydrogens is 248 g/mol. The molecule has 0 bridgehead atoms. The fourth-order valence-corrected chi connectivity index (χ4v) is 2.60. The van der Waals surface area contributed by atoms with Gasteiger partial charge in [0, 0.05) is 12.0 Å². The predicted octanol–water partition coefficient (Wildman–Crippen LogP) is 1.94. The van der Waals surface area contributed by atoms with Gasteiger partial charge in [-0.25, -0.2) is 4.98 Å². The molecule has 5 nitrogen and oxygen atoms in total. The number of primary amides is 1. The van der Waals surface area contributed by atoms with Gasteiger partial charge in [-0.3, -0.25) is 4.79 Å². The van der Waals surface area contributed by atoms with Gasteiger partial charge in [-0.2, -0.15) is 0 Å². The lowest BCUT2D eigenvalue weighted by atomic mass is 9.99. The summed E-state index contributed by atoms with van der Waals surface area (Å²) in [5.74, 6) is -0.346. The van der Waals surface area contributed by atoms with Crippen LogP contribution in [-0.4, -0.2) is 16.4 Å². The normalized spacial score (nSPS) is 11.7. The van der Waals surface area contributed by atoms with Gasteiger partial charge in [-0.15, -0.1) is 11.3 Å². The van der Waals surface area contributed by atoms with Crippen LogP contribution >= 0.6 is 11.3 Å². The van der Waals surface area contributed by atoms with Crippen molar-refractivity contribution in [2.75, 3.05) is 11.1 Å². The van der Waals surface area contributed by atoms with E-state index in [1.54, 1.807) is 16.8 Å². The third kappa shape index (κ3) is 2.53. The van der Waals surface area contributed by atoms with Gasteiger partial charge in [0.05, 0.1) is 21.6 Å². The summed E-state index contributed by atoms with van der Waals surface area (Å²) in [6.07, 6.45) is 0.238. The highest BCUT2D eigenvalue weighted by Crippen LogP contribution is 2.32. The maximum atomic E-state index is 11.0. The van der Waals surface area contributed by atoms with Crippen LogP contribution in [0.2, 0.25) is 0 Å². The van der Waals surface area contributed by atoms with E-state index in [-0.39, 0.29) is 12.3 Å². The van der Waals surface area contributed by atoms with Crippen molar-refractivity contribution in [3.8, 4) is 0 Å². The number of carbonyl (C=O) groups is 1. The number of nitrogens with one attached hydrogen (secondary N) is 1. The lowest BCUT2D eigenvalue weighted by Crippen LogP contribution is -2.36. The number of nitrogens with two attached hydrogens (primary N) is 2. The van der Waals surface area contributed by atoms with Crippen LogP contribution in [0.3, 0.4) is 0 Å². The maximum absolute atomic E-state index is 11.0. The van der Waals surface area contributed by atoms with E-state index in [9.17, 15) is 4.79 Å². The Balaban J connectivity index is 2.31. The van der Waals surface area contributed by atoms with Crippen LogP contribution in [0.1, 0.15) is 20.3 Å². The molecular formula is C12H16N4OS. The number of nitrogens with zero attached hydrogens (tertiary/aromatic N) is 1. The second kappa shape index (κ2) is 4.45. The zero-order valence-electron chi connectivity index (χ0n) is 10.4. The molecule has 0 atom stereocenters. The van der Waals surface area contributed by atoms with Crippen molar-refractivity contribution in [1.82, 2.24) is 4.98 Å². The second-order valence-corrected chi connectivity index (χ2v) is 5.76. The third-order valence-corrected chi connectivity index (χ3v) is 3.42. The zero-order chi connectivity index (χ0) is 13.3. The minimum Gasteiger partial charge on any atom is -0.395 e. The molecule has 1 heterocycles. The number of carbonyl (C=O) groups excluding carboxylic acids is 1. The molecule has 5 N–H and O–H groups in total. The number of nitrogen functional groups attached to an aromatic ring is 1. The van der Waals surface area contributed by atoms with Crippen LogP contribution in [0.4, 0.5) is 11.4 Å². The molecule has 0 saturated carbocycles. The molecule has 0 aliphatic heterocycles. The monoisotopic (exact) mass is 264 g/mol. The molecule has 1 amide bonds. The highest BCUT2D eigenvalue weighted by molar-refractivity contribution is 7.16. The summed E-state index contributed by atoms with van der Waals surface area (Å²) >= 11 is 1.55. The molecule has 0 aliphatic rings. The number of benzene rings is 1. The lowest BCUT2D eigenvalue weighted by molar-refractivity contribution is -0.118. The van der Waals surface area contributed by atoms with Crippen LogP contribution in [0.25, 0.3) is 10.2 Å². The first-order valence-corrected chi connectivity index (χ1v) is 6.45. The van der Waals surface area contributed by atoms with Crippen molar-refractivity contribution >= 4 is 38.8 Å². The minimum atomic E-state index is -0.441. The van der Waals surface area contributed by atoms with E-state index in [2.05, 4.69) is 10.3 Å². The molecule has 6 heteroatoms. The Morgan fingerprint density at radius 3 is 2.89 bits per heavy atom. The van der Waals surface area contributed by atoms with Crippen LogP contribution < -0.4 is 16.8 Å². The molecule has 2 rings (SSSR count). The van der Waals surface area contributed by atoms with Crippen molar-refractivity contribution < 1.29 is 4.79 Å². The molecule has 0 spiro atoms. The Morgan fingerprint density at radius 1 is 1.50 bits per heavy atom. The Kier molecular flexibility index (Phi) is 3.13. The smallest absolute Gasteiger partial charge is 0.219 e. The predicted molar refractivity (Wildman–Crippen MR) is 75.5 cm³/mol. The number of rotatable bonds is 4. The summed E-state index contributed by atoms with van der Waals surface area (Å²) < 4.78 is 1.05. The summed E-state index contributed by atoms with van der Waals surface area (Å²) in [5.41, 5.74) is 14.8. The highest BCUT2D eigenvalue weighted by Gasteiger charge is 2.21. The van der Waals surface area contributed by atoms with Gasteiger partial charge in [-0.1, -0.05) is 0 Å². The van der Waals surface area contributed by atoms with Crippen molar-refractivity contribution in [2.45, 2.75) is 25.8 Å². The summed E-state index contributed by atoms with van der Waals surface area (Å²) in [7, 11) is 0. The Morgan fingerprint density at radius 2 is 2.22 bits per heavy atom. The molecule has 0 aliphatic carbocycles. The lowest BCUT2D eigenvalue weighted by Gasteiger charge is -2.27. The fraction of sp³-hybridized carbons (Fsp3) is 0.333. The van der Waals surface area contributed by atoms with E-state index in [0.29, 0.717) is 5.69 Å². The van der Waals surface area contributed by atoms with E-state index in [0.717, 1.165) is 15.9 Å². The van der Waals surface area contributed by atoms with Crippen molar-refractivity contribution in [3.05, 3.63) is 17.6 Å². The standard InChI is InChI=1S/C12H16N4OS/c1-12(2,5-9(13)17)16-7-3-4-8-11(10(7)14)15-6-18-8/h3-4,6,16H,5,14H2,1-2H3,(H2,13,17). The topological polar surface area (TPSA) is 94.0 Å². The number of anilines is 2. The van der Waals surface area contributed by atoms with E-state index in [1.165, 1.54) is 0 Å². The second-order valence-electron chi connectivity index (χ2n) is 4.88. The van der Waals surface area contributed by atoms with Gasteiger partial charge in [0.25, 0.3) is 0 Å². The highest BCUT2D eigenvalue weighted by atomic mass is 32.1. The molecule has 0 radical (unpaired) electrons. The summed E-state index contributed by atoms with van der Waals surface area (Å²) in [4.78, 5) is 15.2. The number of hydrogen-bond acceptors (Lipinski definition) is 5. The average Bonchev–Trinajstić information content (AvgIpc) is 2.68. The number of aromatic nitrogens is 1. The van der Waals surface area contributed by atoms with Gasteiger partial charge in [0.2, 0.25) is 5.91 Å². The van der Waals surface area contributed by atoms with E-state index >= 15 is 0 Å². The number of fused-ring (bicyclic) bond motifs is 1. The van der Waals surface area contributed by atoms with E-state index in [1.807, 2.05) is 26.0 Å². The van der Waals surface area contributed by atoms with E-state index < -0.39 is 5.54 Å². The van der Waals surface area contributed by atoms with Gasteiger partial charge >= 0.3 is 0 Å². The average molecular weight is 264 g/mol. The third-order valence-electron chi connectivity index (χ3n) is 2.63. The van der Waals surface area contributed by atoms with Crippen molar-refractivity contribution in [1.29, 1.82) is 0 Å². The largest absolute Gasteiger partial charge is 0.395 e. The van der Waals surface area contributed by atoms with Crippen LogP contribution in [0, 0.1) is 0 Å². The summed E-state index contributed by atoms with van der Waals surface area (Å²) in [5, 5.41) is 3.24. The number of thiazole rings is 1. The molecule has 18 heavy (non-hydrogen) atoms. The van der Waals surface area contributed by atoms with Crippen LogP contribution in [-0.2, 0) is 4.79 Å². The molecule has 1 aromatic heterocycles.